The molecular weight excluding hydrogens is 376 g/mol. The van der Waals surface area contributed by atoms with Crippen LogP contribution >= 0.6 is 0 Å². The topological polar surface area (TPSA) is 79.5 Å². The molecule has 7 nitrogen and oxygen atoms in total. The van der Waals surface area contributed by atoms with Gasteiger partial charge in [0.05, 0.1) is 11.3 Å². The van der Waals surface area contributed by atoms with Gasteiger partial charge in [-0.2, -0.15) is 9.29 Å². The molecule has 1 saturated carbocycles. The second kappa shape index (κ2) is 6.56. The van der Waals surface area contributed by atoms with Gasteiger partial charge >= 0.3 is 6.01 Å². The molecule has 2 aliphatic heterocycles. The van der Waals surface area contributed by atoms with Gasteiger partial charge in [0.2, 0.25) is 10.0 Å². The highest BCUT2D eigenvalue weighted by Crippen LogP contribution is 2.49. The summed E-state index contributed by atoms with van der Waals surface area (Å²) in [6, 6.07) is 10.5. The van der Waals surface area contributed by atoms with Crippen LogP contribution in [-0.4, -0.2) is 47.7 Å². The maximum Gasteiger partial charge on any atom is 0.324 e. The monoisotopic (exact) mass is 402 g/mol. The van der Waals surface area contributed by atoms with E-state index in [4.69, 9.17) is 4.52 Å². The highest BCUT2D eigenvalue weighted by molar-refractivity contribution is 7.90. The maximum atomic E-state index is 13.1. The number of sulfonamides is 1. The minimum atomic E-state index is -3.23. The molecule has 150 valence electrons. The van der Waals surface area contributed by atoms with Gasteiger partial charge in [-0.25, -0.2) is 8.42 Å². The fourth-order valence-corrected chi connectivity index (χ4v) is 6.74. The van der Waals surface area contributed by atoms with Crippen molar-refractivity contribution >= 4 is 16.0 Å². The van der Waals surface area contributed by atoms with Gasteiger partial charge in [-0.15, -0.1) is 0 Å². The SMILES string of the molecule is CC(C)c1noc(N2C[C@H]3CN(S(=O)(=O)C4CC4)[C@@H](c4ccccc4)[C@H]3C2)n1. The number of anilines is 1. The van der Waals surface area contributed by atoms with Crippen molar-refractivity contribution in [3.05, 3.63) is 41.7 Å². The van der Waals surface area contributed by atoms with E-state index in [-0.39, 0.29) is 29.0 Å². The second-order valence-corrected chi connectivity index (χ2v) is 10.8. The Morgan fingerprint density at radius 3 is 2.50 bits per heavy atom. The Hall–Kier alpha value is -1.93. The van der Waals surface area contributed by atoms with Crippen molar-refractivity contribution in [2.24, 2.45) is 11.8 Å². The number of hydrogen-bond acceptors (Lipinski definition) is 6. The lowest BCUT2D eigenvalue weighted by Gasteiger charge is -2.29. The lowest BCUT2D eigenvalue weighted by Crippen LogP contribution is -2.37. The zero-order valence-electron chi connectivity index (χ0n) is 16.2. The lowest BCUT2D eigenvalue weighted by atomic mass is 9.90. The van der Waals surface area contributed by atoms with E-state index in [9.17, 15) is 8.42 Å². The highest BCUT2D eigenvalue weighted by Gasteiger charge is 2.54. The number of aromatic nitrogens is 2. The van der Waals surface area contributed by atoms with Gasteiger partial charge in [0.15, 0.2) is 5.82 Å². The van der Waals surface area contributed by atoms with Crippen LogP contribution in [0.5, 0.6) is 0 Å². The largest absolute Gasteiger partial charge is 0.324 e. The van der Waals surface area contributed by atoms with Crippen LogP contribution < -0.4 is 4.90 Å². The highest BCUT2D eigenvalue weighted by atomic mass is 32.2. The molecule has 0 radical (unpaired) electrons. The number of rotatable bonds is 5. The summed E-state index contributed by atoms with van der Waals surface area (Å²) >= 11 is 0. The van der Waals surface area contributed by atoms with Crippen molar-refractivity contribution in [1.29, 1.82) is 0 Å². The average Bonchev–Trinajstić information content (AvgIpc) is 3.13. The van der Waals surface area contributed by atoms with Gasteiger partial charge in [-0.05, 0) is 24.3 Å². The van der Waals surface area contributed by atoms with Crippen LogP contribution in [0, 0.1) is 11.8 Å². The maximum absolute atomic E-state index is 13.1. The fourth-order valence-electron chi connectivity index (χ4n) is 4.63. The Balaban J connectivity index is 1.45. The zero-order valence-corrected chi connectivity index (χ0v) is 17.0. The smallest absolute Gasteiger partial charge is 0.324 e. The Morgan fingerprint density at radius 2 is 1.86 bits per heavy atom. The summed E-state index contributed by atoms with van der Waals surface area (Å²) in [4.78, 5) is 6.67. The molecule has 0 unspecified atom stereocenters. The first kappa shape index (κ1) is 18.1. The summed E-state index contributed by atoms with van der Waals surface area (Å²) in [7, 11) is -3.23. The molecule has 0 spiro atoms. The summed E-state index contributed by atoms with van der Waals surface area (Å²) in [5.41, 5.74) is 1.08. The van der Waals surface area contributed by atoms with Gasteiger partial charge in [0, 0.05) is 31.5 Å². The molecule has 28 heavy (non-hydrogen) atoms. The minimum Gasteiger partial charge on any atom is -0.324 e. The zero-order chi connectivity index (χ0) is 19.5. The molecule has 0 N–H and O–H groups in total. The lowest BCUT2D eigenvalue weighted by molar-refractivity contribution is 0.344. The molecule has 5 rings (SSSR count). The van der Waals surface area contributed by atoms with Crippen LogP contribution in [0.15, 0.2) is 34.9 Å². The van der Waals surface area contributed by atoms with E-state index in [1.807, 2.05) is 32.0 Å². The molecule has 1 aromatic heterocycles. The van der Waals surface area contributed by atoms with E-state index in [0.717, 1.165) is 31.5 Å². The molecule has 3 atom stereocenters. The summed E-state index contributed by atoms with van der Waals surface area (Å²) in [6.07, 6.45) is 1.59. The molecule has 0 amide bonds. The van der Waals surface area contributed by atoms with E-state index in [0.29, 0.717) is 18.4 Å². The molecule has 2 aromatic rings. The molecule has 3 fully saturated rings. The molecule has 3 heterocycles. The number of fused-ring (bicyclic) bond motifs is 1. The average molecular weight is 403 g/mol. The van der Waals surface area contributed by atoms with Crippen LogP contribution in [0.3, 0.4) is 0 Å². The Kier molecular flexibility index (Phi) is 4.24. The van der Waals surface area contributed by atoms with Crippen molar-refractivity contribution in [2.45, 2.75) is 43.9 Å². The molecule has 1 aromatic carbocycles. The summed E-state index contributed by atoms with van der Waals surface area (Å²) in [5, 5.41) is 3.90. The summed E-state index contributed by atoms with van der Waals surface area (Å²) in [5.74, 6) is 1.43. The quantitative estimate of drug-likeness (QED) is 0.765. The van der Waals surface area contributed by atoms with Gasteiger partial charge in [0.25, 0.3) is 0 Å². The van der Waals surface area contributed by atoms with Crippen LogP contribution in [0.4, 0.5) is 6.01 Å². The normalized spacial score (nSPS) is 28.2. The third kappa shape index (κ3) is 2.93. The van der Waals surface area contributed by atoms with Crippen molar-refractivity contribution in [2.75, 3.05) is 24.5 Å². The Bertz CT molecular complexity index is 955. The Labute approximate surface area is 165 Å². The summed E-state index contributed by atoms with van der Waals surface area (Å²) < 4.78 is 33.5. The fraction of sp³-hybridized carbons (Fsp3) is 0.600. The van der Waals surface area contributed by atoms with Crippen LogP contribution in [0.2, 0.25) is 0 Å². The van der Waals surface area contributed by atoms with Gasteiger partial charge in [-0.1, -0.05) is 49.3 Å². The van der Waals surface area contributed by atoms with E-state index in [2.05, 4.69) is 27.2 Å². The van der Waals surface area contributed by atoms with Crippen molar-refractivity contribution < 1.29 is 12.9 Å². The summed E-state index contributed by atoms with van der Waals surface area (Å²) in [6.45, 7) is 6.15. The molecule has 1 aliphatic carbocycles. The van der Waals surface area contributed by atoms with Crippen LogP contribution in [0.1, 0.15) is 50.0 Å². The van der Waals surface area contributed by atoms with Gasteiger partial charge in [0.1, 0.15) is 0 Å². The first-order chi connectivity index (χ1) is 13.4. The third-order valence-corrected chi connectivity index (χ3v) is 8.60. The minimum absolute atomic E-state index is 0.116. The molecule has 2 saturated heterocycles. The molecule has 0 bridgehead atoms. The third-order valence-electron chi connectivity index (χ3n) is 6.25. The van der Waals surface area contributed by atoms with Gasteiger partial charge < -0.3 is 9.42 Å². The van der Waals surface area contributed by atoms with E-state index in [1.54, 1.807) is 4.31 Å². The standard InChI is InChI=1S/C20H26N4O3S/c1-13(2)19-21-20(27-22-19)23-10-15-11-24(28(25,26)16-8-9-16)18(17(15)12-23)14-6-4-3-5-7-14/h3-7,13,15-18H,8-12H2,1-2H3/t15-,17-,18-/m0/s1. The second-order valence-electron chi connectivity index (χ2n) is 8.59. The van der Waals surface area contributed by atoms with E-state index >= 15 is 0 Å². The molecule has 3 aliphatic rings. The van der Waals surface area contributed by atoms with Crippen molar-refractivity contribution in [1.82, 2.24) is 14.4 Å². The predicted molar refractivity (Wildman–Crippen MR) is 105 cm³/mol. The van der Waals surface area contributed by atoms with E-state index < -0.39 is 10.0 Å². The predicted octanol–water partition coefficient (Wildman–Crippen LogP) is 2.79. The van der Waals surface area contributed by atoms with Crippen LogP contribution in [-0.2, 0) is 10.0 Å². The number of hydrogen-bond donors (Lipinski definition) is 0. The molecule has 8 heteroatoms. The first-order valence-corrected chi connectivity index (χ1v) is 11.6. The Morgan fingerprint density at radius 1 is 1.11 bits per heavy atom. The first-order valence-electron chi connectivity index (χ1n) is 10.1. The van der Waals surface area contributed by atoms with Crippen LogP contribution in [0.25, 0.3) is 0 Å². The van der Waals surface area contributed by atoms with Crippen molar-refractivity contribution in [3.8, 4) is 0 Å². The van der Waals surface area contributed by atoms with E-state index in [1.165, 1.54) is 0 Å². The van der Waals surface area contributed by atoms with Crippen molar-refractivity contribution in [3.63, 3.8) is 0 Å². The number of nitrogens with zero attached hydrogens (tertiary/aromatic N) is 4. The number of benzene rings is 1. The molecular formula is C20H26N4O3S. The van der Waals surface area contributed by atoms with Gasteiger partial charge in [-0.3, -0.25) is 0 Å².